The minimum absolute atomic E-state index is 0.588. The van der Waals surface area contributed by atoms with E-state index in [0.29, 0.717) is 5.92 Å². The summed E-state index contributed by atoms with van der Waals surface area (Å²) in [6.07, 6.45) is 1.86. The molecule has 70 valence electrons. The number of benzene rings is 1. The van der Waals surface area contributed by atoms with E-state index in [2.05, 4.69) is 50.0 Å². The molecule has 0 unspecified atom stereocenters. The second-order valence-electron chi connectivity index (χ2n) is 3.45. The van der Waals surface area contributed by atoms with E-state index in [1.807, 2.05) is 6.08 Å². The van der Waals surface area contributed by atoms with E-state index in [0.717, 1.165) is 6.54 Å². The fourth-order valence-electron chi connectivity index (χ4n) is 1.20. The molecule has 0 aliphatic carbocycles. The Kier molecular flexibility index (Phi) is 3.56. The molecule has 0 fully saturated rings. The molecule has 0 heterocycles. The van der Waals surface area contributed by atoms with Gasteiger partial charge >= 0.3 is 0 Å². The Bertz CT molecular complexity index is 276. The summed E-state index contributed by atoms with van der Waals surface area (Å²) in [6.45, 7) is 8.89. The Labute approximate surface area is 80.5 Å². The first-order chi connectivity index (χ1) is 6.24. The molecule has 0 radical (unpaired) electrons. The summed E-state index contributed by atoms with van der Waals surface area (Å²) in [5, 5.41) is 3.27. The maximum atomic E-state index is 3.67. The molecule has 1 heteroatoms. The molecule has 1 rings (SSSR count). The zero-order chi connectivity index (χ0) is 9.68. The molecule has 0 atom stereocenters. The highest BCUT2D eigenvalue weighted by molar-refractivity contribution is 5.46. The fraction of sp³-hybridized carbons (Fsp3) is 0.333. The van der Waals surface area contributed by atoms with Crippen LogP contribution in [0.25, 0.3) is 0 Å². The van der Waals surface area contributed by atoms with Crippen LogP contribution < -0.4 is 5.32 Å². The van der Waals surface area contributed by atoms with Crippen molar-refractivity contribution in [1.29, 1.82) is 0 Å². The lowest BCUT2D eigenvalue weighted by atomic mass is 10.0. The van der Waals surface area contributed by atoms with Gasteiger partial charge < -0.3 is 5.32 Å². The lowest BCUT2D eigenvalue weighted by molar-refractivity contribution is 0.867. The molecular formula is C12H17N. The van der Waals surface area contributed by atoms with Crippen LogP contribution in [-0.4, -0.2) is 6.54 Å². The van der Waals surface area contributed by atoms with E-state index >= 15 is 0 Å². The van der Waals surface area contributed by atoms with Gasteiger partial charge in [0, 0.05) is 12.2 Å². The van der Waals surface area contributed by atoms with Crippen LogP contribution in [0, 0.1) is 0 Å². The summed E-state index contributed by atoms with van der Waals surface area (Å²) < 4.78 is 0. The van der Waals surface area contributed by atoms with Crippen LogP contribution in [0.15, 0.2) is 36.9 Å². The maximum absolute atomic E-state index is 3.67. The molecule has 1 aromatic rings. The third-order valence-corrected chi connectivity index (χ3v) is 2.00. The van der Waals surface area contributed by atoms with E-state index in [1.54, 1.807) is 0 Å². The van der Waals surface area contributed by atoms with E-state index in [1.165, 1.54) is 11.3 Å². The predicted octanol–water partition coefficient (Wildman–Crippen LogP) is 3.41. The zero-order valence-electron chi connectivity index (χ0n) is 8.38. The van der Waals surface area contributed by atoms with Crippen LogP contribution >= 0.6 is 0 Å². The monoisotopic (exact) mass is 175 g/mol. The number of anilines is 1. The number of hydrogen-bond donors (Lipinski definition) is 1. The highest BCUT2D eigenvalue weighted by Gasteiger charge is 1.98. The highest BCUT2D eigenvalue weighted by Crippen LogP contribution is 2.18. The molecule has 0 amide bonds. The summed E-state index contributed by atoms with van der Waals surface area (Å²) in [5.74, 6) is 0.588. The average molecular weight is 175 g/mol. The van der Waals surface area contributed by atoms with Gasteiger partial charge in [0.05, 0.1) is 0 Å². The quantitative estimate of drug-likeness (QED) is 0.691. The summed E-state index contributed by atoms with van der Waals surface area (Å²) in [7, 11) is 0. The molecule has 1 aromatic carbocycles. The normalized spacial score (nSPS) is 10.1. The van der Waals surface area contributed by atoms with Crippen molar-refractivity contribution in [3.05, 3.63) is 42.5 Å². The first-order valence-corrected chi connectivity index (χ1v) is 4.68. The number of rotatable bonds is 4. The molecule has 0 saturated heterocycles. The molecule has 13 heavy (non-hydrogen) atoms. The van der Waals surface area contributed by atoms with E-state index in [-0.39, 0.29) is 0 Å². The van der Waals surface area contributed by atoms with Gasteiger partial charge in [-0.1, -0.05) is 32.1 Å². The van der Waals surface area contributed by atoms with Crippen molar-refractivity contribution in [2.24, 2.45) is 0 Å². The average Bonchev–Trinajstić information content (AvgIpc) is 2.15. The van der Waals surface area contributed by atoms with Crippen molar-refractivity contribution in [2.75, 3.05) is 11.9 Å². The molecule has 1 N–H and O–H groups in total. The molecule has 0 aliphatic rings. The smallest absolute Gasteiger partial charge is 0.0345 e. The largest absolute Gasteiger partial charge is 0.382 e. The van der Waals surface area contributed by atoms with Crippen LogP contribution in [0.5, 0.6) is 0 Å². The molecule has 1 nitrogen and oxygen atoms in total. The van der Waals surface area contributed by atoms with Gasteiger partial charge in [-0.2, -0.15) is 0 Å². The Morgan fingerprint density at radius 2 is 2.23 bits per heavy atom. The topological polar surface area (TPSA) is 12.0 Å². The Morgan fingerprint density at radius 1 is 1.46 bits per heavy atom. The van der Waals surface area contributed by atoms with Crippen molar-refractivity contribution >= 4 is 5.69 Å². The number of hydrogen-bond acceptors (Lipinski definition) is 1. The fourth-order valence-corrected chi connectivity index (χ4v) is 1.20. The molecule has 0 aliphatic heterocycles. The summed E-state index contributed by atoms with van der Waals surface area (Å²) >= 11 is 0. The summed E-state index contributed by atoms with van der Waals surface area (Å²) in [6, 6.07) is 8.51. The third kappa shape index (κ3) is 2.94. The third-order valence-electron chi connectivity index (χ3n) is 2.00. The molecule has 0 spiro atoms. The van der Waals surface area contributed by atoms with Gasteiger partial charge in [-0.15, -0.1) is 6.58 Å². The zero-order valence-corrected chi connectivity index (χ0v) is 8.38. The van der Waals surface area contributed by atoms with E-state index in [4.69, 9.17) is 0 Å². The SMILES string of the molecule is C=CCNc1cccc(C(C)C)c1. The van der Waals surface area contributed by atoms with Gasteiger partial charge in [0.1, 0.15) is 0 Å². The Hall–Kier alpha value is -1.24. The van der Waals surface area contributed by atoms with Gasteiger partial charge in [0.15, 0.2) is 0 Å². The lowest BCUT2D eigenvalue weighted by Gasteiger charge is -2.08. The lowest BCUT2D eigenvalue weighted by Crippen LogP contribution is -1.98. The molecule has 0 saturated carbocycles. The molecule has 0 bridgehead atoms. The van der Waals surface area contributed by atoms with Gasteiger partial charge in [-0.25, -0.2) is 0 Å². The Morgan fingerprint density at radius 3 is 2.85 bits per heavy atom. The minimum Gasteiger partial charge on any atom is -0.382 e. The van der Waals surface area contributed by atoms with Crippen LogP contribution in [-0.2, 0) is 0 Å². The first kappa shape index (κ1) is 9.85. The van der Waals surface area contributed by atoms with Crippen molar-refractivity contribution in [3.63, 3.8) is 0 Å². The maximum Gasteiger partial charge on any atom is 0.0345 e. The predicted molar refractivity (Wildman–Crippen MR) is 59.2 cm³/mol. The van der Waals surface area contributed by atoms with Gasteiger partial charge in [-0.05, 0) is 23.6 Å². The first-order valence-electron chi connectivity index (χ1n) is 4.68. The minimum atomic E-state index is 0.588. The van der Waals surface area contributed by atoms with Crippen LogP contribution in [0.4, 0.5) is 5.69 Å². The molecule has 0 aromatic heterocycles. The van der Waals surface area contributed by atoms with E-state index in [9.17, 15) is 0 Å². The highest BCUT2D eigenvalue weighted by atomic mass is 14.8. The van der Waals surface area contributed by atoms with Crippen LogP contribution in [0.2, 0.25) is 0 Å². The molecular weight excluding hydrogens is 158 g/mol. The second-order valence-corrected chi connectivity index (χ2v) is 3.45. The Balaban J connectivity index is 2.73. The van der Waals surface area contributed by atoms with Crippen molar-refractivity contribution in [1.82, 2.24) is 0 Å². The van der Waals surface area contributed by atoms with Crippen molar-refractivity contribution in [3.8, 4) is 0 Å². The standard InChI is InChI=1S/C12H17N/c1-4-8-13-12-7-5-6-11(9-12)10(2)3/h4-7,9-10,13H,1,8H2,2-3H3. The number of nitrogens with one attached hydrogen (secondary N) is 1. The van der Waals surface area contributed by atoms with Crippen molar-refractivity contribution in [2.45, 2.75) is 19.8 Å². The van der Waals surface area contributed by atoms with Gasteiger partial charge in [0.25, 0.3) is 0 Å². The summed E-state index contributed by atoms with van der Waals surface area (Å²) in [5.41, 5.74) is 2.54. The van der Waals surface area contributed by atoms with E-state index < -0.39 is 0 Å². The van der Waals surface area contributed by atoms with Crippen molar-refractivity contribution < 1.29 is 0 Å². The second kappa shape index (κ2) is 4.70. The van der Waals surface area contributed by atoms with Gasteiger partial charge in [-0.3, -0.25) is 0 Å². The van der Waals surface area contributed by atoms with Crippen LogP contribution in [0.3, 0.4) is 0 Å². The summed E-state index contributed by atoms with van der Waals surface area (Å²) in [4.78, 5) is 0. The van der Waals surface area contributed by atoms with Gasteiger partial charge in [0.2, 0.25) is 0 Å². The van der Waals surface area contributed by atoms with Crippen LogP contribution in [0.1, 0.15) is 25.3 Å².